The number of nitrogen functional groups attached to an aromatic ring is 1. The molecule has 1 aromatic rings. The van der Waals surface area contributed by atoms with Crippen LogP contribution in [0.15, 0.2) is 12.3 Å². The van der Waals surface area contributed by atoms with Crippen LogP contribution in [0.2, 0.25) is 0 Å². The van der Waals surface area contributed by atoms with E-state index in [1.165, 1.54) is 4.90 Å². The van der Waals surface area contributed by atoms with Gasteiger partial charge in [0.25, 0.3) is 0 Å². The minimum absolute atomic E-state index is 0.128. The van der Waals surface area contributed by atoms with Crippen LogP contribution in [0.1, 0.15) is 43.6 Å². The average Bonchev–Trinajstić information content (AvgIpc) is 2.66. The number of hydrogen-bond acceptors (Lipinski definition) is 3. The minimum atomic E-state index is -0.967. The van der Waals surface area contributed by atoms with Crippen molar-refractivity contribution in [2.75, 3.05) is 0 Å². The second-order valence-corrected chi connectivity index (χ2v) is 5.82. The van der Waals surface area contributed by atoms with E-state index in [0.717, 1.165) is 11.1 Å². The molecule has 1 unspecified atom stereocenters. The zero-order chi connectivity index (χ0) is 14.4. The molecule has 0 fully saturated rings. The van der Waals surface area contributed by atoms with Crippen LogP contribution in [0.25, 0.3) is 0 Å². The first-order valence-electron chi connectivity index (χ1n) is 6.05. The Bertz CT molecular complexity index is 548. The van der Waals surface area contributed by atoms with Gasteiger partial charge in [0, 0.05) is 11.8 Å². The molecule has 0 bridgehead atoms. The van der Waals surface area contributed by atoms with Gasteiger partial charge in [-0.25, -0.2) is 4.79 Å². The van der Waals surface area contributed by atoms with Crippen LogP contribution in [0, 0.1) is 10.8 Å². The summed E-state index contributed by atoms with van der Waals surface area (Å²) in [6.45, 7) is 6.22. The molecule has 1 amide bonds. The van der Waals surface area contributed by atoms with Gasteiger partial charge in [0.05, 0.1) is 12.6 Å². The number of fused-ring (bicyclic) bond motifs is 1. The standard InChI is InChI=1S/C13H18N4O2/c1-13(2,3)10-7-4-5-16-9(11(14)15)8(7)6-17(10)12(18)19/h4-5,10H,6H2,1-3H3,(H3,14,15)(H,18,19). The zero-order valence-electron chi connectivity index (χ0n) is 11.3. The third-order valence-corrected chi connectivity index (χ3v) is 3.35. The molecule has 6 nitrogen and oxygen atoms in total. The molecule has 0 aliphatic carbocycles. The van der Waals surface area contributed by atoms with Gasteiger partial charge in [0.1, 0.15) is 11.5 Å². The molecule has 0 saturated heterocycles. The summed E-state index contributed by atoms with van der Waals surface area (Å²) in [4.78, 5) is 16.9. The lowest BCUT2D eigenvalue weighted by molar-refractivity contribution is 0.0900. The number of nitrogens with one attached hydrogen (secondary N) is 1. The minimum Gasteiger partial charge on any atom is -0.465 e. The highest BCUT2D eigenvalue weighted by Gasteiger charge is 2.42. The molecule has 1 aliphatic rings. The third kappa shape index (κ3) is 2.14. The fraction of sp³-hybridized carbons (Fsp3) is 0.462. The van der Waals surface area contributed by atoms with E-state index in [9.17, 15) is 9.90 Å². The number of nitrogens with two attached hydrogens (primary N) is 1. The second kappa shape index (κ2) is 4.22. The molecule has 2 heterocycles. The Labute approximate surface area is 111 Å². The van der Waals surface area contributed by atoms with E-state index in [0.29, 0.717) is 5.69 Å². The Morgan fingerprint density at radius 3 is 2.68 bits per heavy atom. The Hall–Kier alpha value is -2.11. The van der Waals surface area contributed by atoms with Gasteiger partial charge in [-0.15, -0.1) is 0 Å². The molecular formula is C13H18N4O2. The first kappa shape index (κ1) is 13.3. The van der Waals surface area contributed by atoms with Crippen LogP contribution in [0.5, 0.6) is 0 Å². The fourth-order valence-corrected chi connectivity index (χ4v) is 2.70. The van der Waals surface area contributed by atoms with E-state index in [4.69, 9.17) is 11.1 Å². The van der Waals surface area contributed by atoms with Gasteiger partial charge in [-0.05, 0) is 17.0 Å². The topological polar surface area (TPSA) is 103 Å². The van der Waals surface area contributed by atoms with E-state index in [1.54, 1.807) is 6.20 Å². The summed E-state index contributed by atoms with van der Waals surface area (Å²) in [5.74, 6) is -0.128. The molecule has 0 spiro atoms. The van der Waals surface area contributed by atoms with Gasteiger partial charge in [-0.1, -0.05) is 20.8 Å². The van der Waals surface area contributed by atoms with Gasteiger partial charge >= 0.3 is 6.09 Å². The molecule has 19 heavy (non-hydrogen) atoms. The number of rotatable bonds is 1. The first-order chi connectivity index (χ1) is 8.73. The first-order valence-corrected chi connectivity index (χ1v) is 6.05. The Morgan fingerprint density at radius 2 is 2.21 bits per heavy atom. The second-order valence-electron chi connectivity index (χ2n) is 5.82. The molecule has 1 aliphatic heterocycles. The Morgan fingerprint density at radius 1 is 1.58 bits per heavy atom. The van der Waals surface area contributed by atoms with Crippen molar-refractivity contribution in [3.63, 3.8) is 0 Å². The number of nitrogens with zero attached hydrogens (tertiary/aromatic N) is 2. The number of pyridine rings is 1. The molecule has 6 heteroatoms. The summed E-state index contributed by atoms with van der Waals surface area (Å²) in [7, 11) is 0. The van der Waals surface area contributed by atoms with Gasteiger partial charge in [-0.3, -0.25) is 15.3 Å². The maximum Gasteiger partial charge on any atom is 0.408 e. The van der Waals surface area contributed by atoms with Crippen molar-refractivity contribution in [1.82, 2.24) is 9.88 Å². The highest BCUT2D eigenvalue weighted by molar-refractivity contribution is 5.95. The van der Waals surface area contributed by atoms with Crippen LogP contribution >= 0.6 is 0 Å². The van der Waals surface area contributed by atoms with Gasteiger partial charge < -0.3 is 10.8 Å². The monoisotopic (exact) mass is 262 g/mol. The predicted octanol–water partition coefficient (Wildman–Crippen LogP) is 1.95. The third-order valence-electron chi connectivity index (χ3n) is 3.35. The highest BCUT2D eigenvalue weighted by Crippen LogP contribution is 2.45. The normalized spacial score (nSPS) is 18.3. The predicted molar refractivity (Wildman–Crippen MR) is 71.0 cm³/mol. The SMILES string of the molecule is CC(C)(C)C1c2ccnc(C(=N)N)c2CN1C(=O)O. The number of amides is 1. The summed E-state index contributed by atoms with van der Waals surface area (Å²) in [5.41, 5.74) is 7.31. The molecule has 1 aromatic heterocycles. The van der Waals surface area contributed by atoms with E-state index in [-0.39, 0.29) is 23.8 Å². The lowest BCUT2D eigenvalue weighted by Crippen LogP contribution is -2.35. The van der Waals surface area contributed by atoms with Crippen molar-refractivity contribution < 1.29 is 9.90 Å². The molecule has 0 radical (unpaired) electrons. The van der Waals surface area contributed by atoms with E-state index in [1.807, 2.05) is 26.8 Å². The van der Waals surface area contributed by atoms with Crippen LogP contribution < -0.4 is 5.73 Å². The Kier molecular flexibility index (Phi) is 2.96. The van der Waals surface area contributed by atoms with E-state index < -0.39 is 6.09 Å². The van der Waals surface area contributed by atoms with Gasteiger partial charge in [0.15, 0.2) is 0 Å². The molecule has 0 aromatic carbocycles. The summed E-state index contributed by atoms with van der Waals surface area (Å²) in [5, 5.41) is 16.9. The summed E-state index contributed by atoms with van der Waals surface area (Å²) in [6, 6.07) is 1.57. The fourth-order valence-electron chi connectivity index (χ4n) is 2.70. The molecule has 102 valence electrons. The lowest BCUT2D eigenvalue weighted by Gasteiger charge is -2.33. The molecule has 2 rings (SSSR count). The Balaban J connectivity index is 2.61. The van der Waals surface area contributed by atoms with Crippen molar-refractivity contribution in [3.05, 3.63) is 29.1 Å². The lowest BCUT2D eigenvalue weighted by atomic mass is 9.82. The number of carbonyl (C=O) groups is 1. The van der Waals surface area contributed by atoms with Crippen LogP contribution in [-0.2, 0) is 6.54 Å². The summed E-state index contributed by atoms with van der Waals surface area (Å²) >= 11 is 0. The van der Waals surface area contributed by atoms with Crippen molar-refractivity contribution in [2.45, 2.75) is 33.4 Å². The van der Waals surface area contributed by atoms with E-state index >= 15 is 0 Å². The molecular weight excluding hydrogens is 244 g/mol. The number of carboxylic acid groups (broad SMARTS) is 1. The molecule has 1 atom stereocenters. The highest BCUT2D eigenvalue weighted by atomic mass is 16.4. The van der Waals surface area contributed by atoms with Crippen molar-refractivity contribution in [2.24, 2.45) is 11.1 Å². The smallest absolute Gasteiger partial charge is 0.408 e. The number of aromatic nitrogens is 1. The quantitative estimate of drug-likeness (QED) is 0.531. The van der Waals surface area contributed by atoms with Gasteiger partial charge in [0.2, 0.25) is 0 Å². The maximum atomic E-state index is 11.4. The van der Waals surface area contributed by atoms with Crippen molar-refractivity contribution >= 4 is 11.9 Å². The molecule has 0 saturated carbocycles. The van der Waals surface area contributed by atoms with Crippen molar-refractivity contribution in [3.8, 4) is 0 Å². The van der Waals surface area contributed by atoms with Crippen LogP contribution in [0.4, 0.5) is 4.79 Å². The van der Waals surface area contributed by atoms with Gasteiger partial charge in [-0.2, -0.15) is 0 Å². The summed E-state index contributed by atoms with van der Waals surface area (Å²) in [6.07, 6.45) is 0.616. The average molecular weight is 262 g/mol. The van der Waals surface area contributed by atoms with Crippen molar-refractivity contribution in [1.29, 1.82) is 5.41 Å². The molecule has 4 N–H and O–H groups in total. The summed E-state index contributed by atoms with van der Waals surface area (Å²) < 4.78 is 0. The van der Waals surface area contributed by atoms with Crippen LogP contribution in [-0.4, -0.2) is 26.9 Å². The maximum absolute atomic E-state index is 11.4. The number of hydrogen-bond donors (Lipinski definition) is 3. The number of amidine groups is 1. The largest absolute Gasteiger partial charge is 0.465 e. The van der Waals surface area contributed by atoms with Crippen LogP contribution in [0.3, 0.4) is 0 Å². The van der Waals surface area contributed by atoms with E-state index in [2.05, 4.69) is 4.98 Å². The zero-order valence-corrected chi connectivity index (χ0v) is 11.3.